The zero-order valence-corrected chi connectivity index (χ0v) is 16.1. The van der Waals surface area contributed by atoms with Crippen molar-refractivity contribution in [2.75, 3.05) is 6.54 Å². The van der Waals surface area contributed by atoms with Crippen LogP contribution in [0.2, 0.25) is 5.02 Å². The average Bonchev–Trinajstić information content (AvgIpc) is 3.18. The summed E-state index contributed by atoms with van der Waals surface area (Å²) >= 11 is 5.90. The van der Waals surface area contributed by atoms with Gasteiger partial charge in [-0.1, -0.05) is 54.1 Å². The SMILES string of the molecule is C/C(=C\c1ccc(Cl)cc1)C(=O)N1CCC[C@H]1C(=O)NCc1ccccc1. The van der Waals surface area contributed by atoms with Gasteiger partial charge in [-0.05, 0) is 49.1 Å². The quantitative estimate of drug-likeness (QED) is 0.793. The Labute approximate surface area is 164 Å². The van der Waals surface area contributed by atoms with Crippen molar-refractivity contribution in [2.45, 2.75) is 32.4 Å². The molecule has 2 aromatic carbocycles. The summed E-state index contributed by atoms with van der Waals surface area (Å²) in [4.78, 5) is 27.2. The third-order valence-electron chi connectivity index (χ3n) is 4.72. The standard InChI is InChI=1S/C22H23ClN2O2/c1-16(14-17-9-11-19(23)12-10-17)22(27)25-13-5-8-20(25)21(26)24-15-18-6-3-2-4-7-18/h2-4,6-7,9-12,14,20H,5,8,13,15H2,1H3,(H,24,26)/b16-14+/t20-/m0/s1. The zero-order chi connectivity index (χ0) is 19.2. The minimum atomic E-state index is -0.408. The highest BCUT2D eigenvalue weighted by Crippen LogP contribution is 2.21. The summed E-state index contributed by atoms with van der Waals surface area (Å²) in [5.41, 5.74) is 2.56. The molecule has 4 nitrogen and oxygen atoms in total. The molecule has 1 fully saturated rings. The second kappa shape index (κ2) is 8.87. The Bertz CT molecular complexity index is 831. The lowest BCUT2D eigenvalue weighted by Crippen LogP contribution is -2.46. The number of hydrogen-bond acceptors (Lipinski definition) is 2. The normalized spacial score (nSPS) is 17.0. The van der Waals surface area contributed by atoms with Crippen molar-refractivity contribution >= 4 is 29.5 Å². The summed E-state index contributed by atoms with van der Waals surface area (Å²) in [7, 11) is 0. The van der Waals surface area contributed by atoms with Gasteiger partial charge in [-0.15, -0.1) is 0 Å². The largest absolute Gasteiger partial charge is 0.350 e. The molecular weight excluding hydrogens is 360 g/mol. The lowest BCUT2D eigenvalue weighted by atomic mass is 10.1. The van der Waals surface area contributed by atoms with E-state index in [2.05, 4.69) is 5.32 Å². The van der Waals surface area contributed by atoms with Crippen molar-refractivity contribution in [2.24, 2.45) is 0 Å². The van der Waals surface area contributed by atoms with Gasteiger partial charge in [-0.25, -0.2) is 0 Å². The first kappa shape index (κ1) is 19.2. The molecule has 1 aliphatic heterocycles. The number of nitrogens with one attached hydrogen (secondary N) is 1. The number of carbonyl (C=O) groups is 2. The number of nitrogens with zero attached hydrogens (tertiary/aromatic N) is 1. The summed E-state index contributed by atoms with van der Waals surface area (Å²) in [6.07, 6.45) is 3.36. The topological polar surface area (TPSA) is 49.4 Å². The predicted octanol–water partition coefficient (Wildman–Crippen LogP) is 4.05. The lowest BCUT2D eigenvalue weighted by molar-refractivity contribution is -0.135. The Morgan fingerprint density at radius 2 is 1.85 bits per heavy atom. The third-order valence-corrected chi connectivity index (χ3v) is 4.97. The molecule has 2 aromatic rings. The minimum absolute atomic E-state index is 0.0935. The van der Waals surface area contributed by atoms with E-state index in [4.69, 9.17) is 11.6 Å². The van der Waals surface area contributed by atoms with E-state index in [0.29, 0.717) is 30.1 Å². The van der Waals surface area contributed by atoms with Crippen LogP contribution < -0.4 is 5.32 Å². The van der Waals surface area contributed by atoms with Gasteiger partial charge in [0, 0.05) is 23.7 Å². The van der Waals surface area contributed by atoms with Crippen LogP contribution in [0.4, 0.5) is 0 Å². The number of rotatable bonds is 5. The van der Waals surface area contributed by atoms with E-state index in [9.17, 15) is 9.59 Å². The molecule has 27 heavy (non-hydrogen) atoms. The van der Waals surface area contributed by atoms with E-state index in [1.54, 1.807) is 24.0 Å². The van der Waals surface area contributed by atoms with Crippen molar-refractivity contribution in [1.82, 2.24) is 10.2 Å². The van der Waals surface area contributed by atoms with Gasteiger partial charge in [-0.2, -0.15) is 0 Å². The van der Waals surface area contributed by atoms with Gasteiger partial charge in [0.2, 0.25) is 11.8 Å². The Morgan fingerprint density at radius 1 is 1.15 bits per heavy atom. The second-order valence-corrected chi connectivity index (χ2v) is 7.18. The minimum Gasteiger partial charge on any atom is -0.350 e. The fourth-order valence-electron chi connectivity index (χ4n) is 3.28. The third kappa shape index (κ3) is 4.98. The Hall–Kier alpha value is -2.59. The van der Waals surface area contributed by atoms with Crippen LogP contribution in [0.5, 0.6) is 0 Å². The fraction of sp³-hybridized carbons (Fsp3) is 0.273. The molecule has 0 radical (unpaired) electrons. The molecule has 3 rings (SSSR count). The maximum absolute atomic E-state index is 12.9. The number of benzene rings is 2. The summed E-state index contributed by atoms with van der Waals surface area (Å²) in [6.45, 7) is 2.86. The van der Waals surface area contributed by atoms with Crippen LogP contribution in [0, 0.1) is 0 Å². The van der Waals surface area contributed by atoms with Crippen LogP contribution in [0.25, 0.3) is 6.08 Å². The highest BCUT2D eigenvalue weighted by atomic mass is 35.5. The Kier molecular flexibility index (Phi) is 6.30. The summed E-state index contributed by atoms with van der Waals surface area (Å²) < 4.78 is 0. The number of hydrogen-bond donors (Lipinski definition) is 1. The molecule has 5 heteroatoms. The van der Waals surface area contributed by atoms with Crippen molar-refractivity contribution in [3.8, 4) is 0 Å². The van der Waals surface area contributed by atoms with Crippen LogP contribution in [-0.4, -0.2) is 29.3 Å². The van der Waals surface area contributed by atoms with Crippen LogP contribution in [0.3, 0.4) is 0 Å². The molecule has 1 atom stereocenters. The second-order valence-electron chi connectivity index (χ2n) is 6.74. The molecule has 1 N–H and O–H groups in total. The van der Waals surface area contributed by atoms with Gasteiger partial charge in [-0.3, -0.25) is 9.59 Å². The Morgan fingerprint density at radius 3 is 2.56 bits per heavy atom. The van der Waals surface area contributed by atoms with E-state index >= 15 is 0 Å². The summed E-state index contributed by atoms with van der Waals surface area (Å²) in [5, 5.41) is 3.61. The van der Waals surface area contributed by atoms with Crippen molar-refractivity contribution in [3.63, 3.8) is 0 Å². The highest BCUT2D eigenvalue weighted by Gasteiger charge is 2.34. The smallest absolute Gasteiger partial charge is 0.250 e. The van der Waals surface area contributed by atoms with Crippen molar-refractivity contribution in [1.29, 1.82) is 0 Å². The zero-order valence-electron chi connectivity index (χ0n) is 15.3. The number of amides is 2. The van der Waals surface area contributed by atoms with Crippen LogP contribution >= 0.6 is 11.6 Å². The Balaban J connectivity index is 1.64. The molecular formula is C22H23ClN2O2. The molecule has 1 heterocycles. The first-order valence-corrected chi connectivity index (χ1v) is 9.49. The van der Waals surface area contributed by atoms with E-state index in [1.165, 1.54) is 0 Å². The van der Waals surface area contributed by atoms with Gasteiger partial charge in [0.15, 0.2) is 0 Å². The molecule has 0 unspecified atom stereocenters. The van der Waals surface area contributed by atoms with Crippen molar-refractivity contribution < 1.29 is 9.59 Å². The lowest BCUT2D eigenvalue weighted by Gasteiger charge is -2.24. The van der Waals surface area contributed by atoms with Crippen LogP contribution in [0.15, 0.2) is 60.2 Å². The number of halogens is 1. The highest BCUT2D eigenvalue weighted by molar-refractivity contribution is 6.30. The molecule has 1 aliphatic rings. The predicted molar refractivity (Wildman–Crippen MR) is 108 cm³/mol. The van der Waals surface area contributed by atoms with Gasteiger partial charge in [0.1, 0.15) is 6.04 Å². The van der Waals surface area contributed by atoms with Crippen LogP contribution in [0.1, 0.15) is 30.9 Å². The number of likely N-dealkylation sites (tertiary alicyclic amines) is 1. The maximum Gasteiger partial charge on any atom is 0.250 e. The molecule has 1 saturated heterocycles. The average molecular weight is 383 g/mol. The van der Waals surface area contributed by atoms with E-state index in [-0.39, 0.29) is 11.8 Å². The fourth-order valence-corrected chi connectivity index (χ4v) is 3.41. The van der Waals surface area contributed by atoms with Crippen LogP contribution in [-0.2, 0) is 16.1 Å². The molecule has 0 bridgehead atoms. The monoisotopic (exact) mass is 382 g/mol. The number of carbonyl (C=O) groups excluding carboxylic acids is 2. The van der Waals surface area contributed by atoms with Gasteiger partial charge < -0.3 is 10.2 Å². The van der Waals surface area contributed by atoms with E-state index in [1.807, 2.05) is 48.5 Å². The van der Waals surface area contributed by atoms with Gasteiger partial charge in [0.05, 0.1) is 0 Å². The molecule has 0 saturated carbocycles. The van der Waals surface area contributed by atoms with E-state index in [0.717, 1.165) is 17.5 Å². The van der Waals surface area contributed by atoms with E-state index < -0.39 is 6.04 Å². The first-order valence-electron chi connectivity index (χ1n) is 9.11. The molecule has 140 valence electrons. The summed E-state index contributed by atoms with van der Waals surface area (Å²) in [5.74, 6) is -0.189. The van der Waals surface area contributed by atoms with Gasteiger partial charge >= 0.3 is 0 Å². The van der Waals surface area contributed by atoms with Crippen molar-refractivity contribution in [3.05, 3.63) is 76.3 Å². The molecule has 0 aromatic heterocycles. The summed E-state index contributed by atoms with van der Waals surface area (Å²) in [6, 6.07) is 16.7. The maximum atomic E-state index is 12.9. The molecule has 0 aliphatic carbocycles. The molecule has 2 amide bonds. The first-order chi connectivity index (χ1) is 13.0. The molecule has 0 spiro atoms. The van der Waals surface area contributed by atoms with Gasteiger partial charge in [0.25, 0.3) is 0 Å².